The van der Waals surface area contributed by atoms with Gasteiger partial charge in [-0.15, -0.1) is 0 Å². The van der Waals surface area contributed by atoms with Gasteiger partial charge in [-0.3, -0.25) is 4.90 Å². The molecule has 1 atom stereocenters. The number of nitrogens with zero attached hydrogens (tertiary/aromatic N) is 3. The molecule has 0 saturated heterocycles. The van der Waals surface area contributed by atoms with Gasteiger partial charge in [0.15, 0.2) is 0 Å². The van der Waals surface area contributed by atoms with E-state index in [1.807, 2.05) is 30.3 Å². The first-order chi connectivity index (χ1) is 16.4. The van der Waals surface area contributed by atoms with Crippen LogP contribution in [0.15, 0.2) is 83.0 Å². The summed E-state index contributed by atoms with van der Waals surface area (Å²) < 4.78 is 46.7. The highest BCUT2D eigenvalue weighted by atomic mass is 19.1. The van der Waals surface area contributed by atoms with Crippen molar-refractivity contribution in [2.45, 2.75) is 13.0 Å². The van der Waals surface area contributed by atoms with Gasteiger partial charge in [-0.1, -0.05) is 35.5 Å². The van der Waals surface area contributed by atoms with E-state index < -0.39 is 29.5 Å². The maximum absolute atomic E-state index is 13.9. The lowest BCUT2D eigenvalue weighted by Crippen LogP contribution is -2.46. The van der Waals surface area contributed by atoms with Crippen molar-refractivity contribution in [3.63, 3.8) is 0 Å². The van der Waals surface area contributed by atoms with Crippen molar-refractivity contribution in [2.24, 2.45) is 0 Å². The summed E-state index contributed by atoms with van der Waals surface area (Å²) in [4.78, 5) is 18.7. The van der Waals surface area contributed by atoms with Crippen LogP contribution in [0.2, 0.25) is 0 Å². The standard InChI is InChI=1S/C25H17F3N4O2/c1-14-21(24-30-23(31-34-24)16-7-9-17(26)10-8-16)22(15-5-3-2-4-6-15)29-25(33)32(14)20-12-18(27)11-19(28)13-20/h2-13,22H,1H3,(H,29,33). The Labute approximate surface area is 192 Å². The molecule has 2 amide bonds. The van der Waals surface area contributed by atoms with Gasteiger partial charge in [-0.2, -0.15) is 4.98 Å². The average molecular weight is 462 g/mol. The minimum absolute atomic E-state index is 0.00906. The van der Waals surface area contributed by atoms with E-state index in [0.717, 1.165) is 28.7 Å². The van der Waals surface area contributed by atoms with E-state index in [-0.39, 0.29) is 17.4 Å². The normalized spacial score (nSPS) is 16.1. The minimum Gasteiger partial charge on any atom is -0.334 e. The van der Waals surface area contributed by atoms with Gasteiger partial charge in [0.1, 0.15) is 17.5 Å². The number of halogens is 3. The van der Waals surface area contributed by atoms with Crippen LogP contribution in [0.3, 0.4) is 0 Å². The quantitative estimate of drug-likeness (QED) is 0.413. The highest BCUT2D eigenvalue weighted by Crippen LogP contribution is 2.39. The van der Waals surface area contributed by atoms with Crippen LogP contribution in [0.5, 0.6) is 0 Å². The number of hydrogen-bond acceptors (Lipinski definition) is 4. The first-order valence-electron chi connectivity index (χ1n) is 10.3. The monoisotopic (exact) mass is 462 g/mol. The molecule has 1 aliphatic rings. The van der Waals surface area contributed by atoms with E-state index in [0.29, 0.717) is 16.8 Å². The molecule has 0 aliphatic carbocycles. The molecule has 9 heteroatoms. The highest BCUT2D eigenvalue weighted by molar-refractivity contribution is 6.01. The predicted molar refractivity (Wildman–Crippen MR) is 119 cm³/mol. The summed E-state index contributed by atoms with van der Waals surface area (Å²) in [5.74, 6) is -1.71. The molecule has 4 aromatic rings. The zero-order chi connectivity index (χ0) is 23.8. The Hall–Kier alpha value is -4.40. The Kier molecular flexibility index (Phi) is 5.37. The average Bonchev–Trinajstić information content (AvgIpc) is 3.29. The number of carbonyl (C=O) groups is 1. The largest absolute Gasteiger partial charge is 0.334 e. The molecule has 0 radical (unpaired) electrons. The third kappa shape index (κ3) is 3.92. The fourth-order valence-corrected chi connectivity index (χ4v) is 3.94. The van der Waals surface area contributed by atoms with Crippen molar-refractivity contribution in [3.8, 4) is 11.4 Å². The molecule has 1 aromatic heterocycles. The van der Waals surface area contributed by atoms with Crippen molar-refractivity contribution in [1.82, 2.24) is 15.5 Å². The number of urea groups is 1. The lowest BCUT2D eigenvalue weighted by molar-refractivity contribution is 0.244. The molecule has 1 unspecified atom stereocenters. The number of aromatic nitrogens is 2. The zero-order valence-electron chi connectivity index (χ0n) is 17.8. The number of allylic oxidation sites excluding steroid dienone is 1. The van der Waals surface area contributed by atoms with Crippen LogP contribution < -0.4 is 10.2 Å². The number of carbonyl (C=O) groups excluding carboxylic acids is 1. The molecule has 5 rings (SSSR count). The lowest BCUT2D eigenvalue weighted by atomic mass is 9.94. The van der Waals surface area contributed by atoms with Crippen molar-refractivity contribution in [3.05, 3.63) is 107 Å². The fraction of sp³-hybridized carbons (Fsp3) is 0.0800. The van der Waals surface area contributed by atoms with Gasteiger partial charge in [0, 0.05) is 17.3 Å². The van der Waals surface area contributed by atoms with E-state index in [9.17, 15) is 18.0 Å². The lowest BCUT2D eigenvalue weighted by Gasteiger charge is -2.35. The topological polar surface area (TPSA) is 71.3 Å². The number of anilines is 1. The maximum atomic E-state index is 13.9. The van der Waals surface area contributed by atoms with E-state index in [4.69, 9.17) is 4.52 Å². The van der Waals surface area contributed by atoms with Gasteiger partial charge >= 0.3 is 6.03 Å². The van der Waals surface area contributed by atoms with Crippen molar-refractivity contribution in [1.29, 1.82) is 0 Å². The molecule has 2 heterocycles. The molecule has 0 saturated carbocycles. The molecule has 170 valence electrons. The Bertz CT molecular complexity index is 1380. The van der Waals surface area contributed by atoms with Gasteiger partial charge in [-0.25, -0.2) is 18.0 Å². The number of rotatable bonds is 4. The van der Waals surface area contributed by atoms with Gasteiger partial charge in [0.05, 0.1) is 17.3 Å². The molecule has 3 aromatic carbocycles. The summed E-state index contributed by atoms with van der Waals surface area (Å²) in [5.41, 5.74) is 2.11. The summed E-state index contributed by atoms with van der Waals surface area (Å²) in [5, 5.41) is 6.87. The predicted octanol–water partition coefficient (Wildman–Crippen LogP) is 5.86. The molecule has 6 nitrogen and oxygen atoms in total. The van der Waals surface area contributed by atoms with Gasteiger partial charge in [0.2, 0.25) is 5.82 Å². The number of hydrogen-bond donors (Lipinski definition) is 1. The molecule has 0 bridgehead atoms. The Balaban J connectivity index is 1.66. The van der Waals surface area contributed by atoms with Gasteiger partial charge in [-0.05, 0) is 48.9 Å². The van der Waals surface area contributed by atoms with Crippen LogP contribution in [0, 0.1) is 17.5 Å². The zero-order valence-corrected chi connectivity index (χ0v) is 17.8. The van der Waals surface area contributed by atoms with Gasteiger partial charge in [0.25, 0.3) is 5.89 Å². The van der Waals surface area contributed by atoms with Crippen molar-refractivity contribution >= 4 is 17.3 Å². The number of amides is 2. The van der Waals surface area contributed by atoms with E-state index in [1.54, 1.807) is 6.92 Å². The SMILES string of the molecule is CC1=C(c2nc(-c3ccc(F)cc3)no2)C(c2ccccc2)NC(=O)N1c1cc(F)cc(F)c1. The van der Waals surface area contributed by atoms with Crippen molar-refractivity contribution < 1.29 is 22.5 Å². The molecular weight excluding hydrogens is 445 g/mol. The highest BCUT2D eigenvalue weighted by Gasteiger charge is 2.36. The Morgan fingerprint density at radius 2 is 1.59 bits per heavy atom. The second-order valence-corrected chi connectivity index (χ2v) is 7.69. The Morgan fingerprint density at radius 3 is 2.26 bits per heavy atom. The third-order valence-corrected chi connectivity index (χ3v) is 5.48. The molecular formula is C25H17F3N4O2. The van der Waals surface area contributed by atoms with Crippen LogP contribution in [0.1, 0.15) is 24.4 Å². The molecule has 0 fully saturated rings. The van der Waals surface area contributed by atoms with Crippen LogP contribution in [-0.4, -0.2) is 16.2 Å². The van der Waals surface area contributed by atoms with E-state index in [2.05, 4.69) is 15.5 Å². The third-order valence-electron chi connectivity index (χ3n) is 5.48. The summed E-state index contributed by atoms with van der Waals surface area (Å²) in [6.45, 7) is 1.63. The maximum Gasteiger partial charge on any atom is 0.327 e. The van der Waals surface area contributed by atoms with Gasteiger partial charge < -0.3 is 9.84 Å². The number of benzene rings is 3. The molecule has 1 aliphatic heterocycles. The molecule has 34 heavy (non-hydrogen) atoms. The first kappa shape index (κ1) is 21.4. The second-order valence-electron chi connectivity index (χ2n) is 7.69. The van der Waals surface area contributed by atoms with E-state index in [1.165, 1.54) is 24.3 Å². The number of nitrogens with one attached hydrogen (secondary N) is 1. The fourth-order valence-electron chi connectivity index (χ4n) is 3.94. The van der Waals surface area contributed by atoms with Crippen LogP contribution in [0.25, 0.3) is 17.0 Å². The Morgan fingerprint density at radius 1 is 0.912 bits per heavy atom. The summed E-state index contributed by atoms with van der Waals surface area (Å²) in [7, 11) is 0. The first-order valence-corrected chi connectivity index (χ1v) is 10.3. The minimum atomic E-state index is -0.821. The van der Waals surface area contributed by atoms with Crippen LogP contribution in [0.4, 0.5) is 23.7 Å². The van der Waals surface area contributed by atoms with Crippen molar-refractivity contribution in [2.75, 3.05) is 4.90 Å². The molecule has 0 spiro atoms. The van der Waals surface area contributed by atoms with Crippen LogP contribution in [-0.2, 0) is 0 Å². The van der Waals surface area contributed by atoms with E-state index >= 15 is 0 Å². The summed E-state index contributed by atoms with van der Waals surface area (Å²) >= 11 is 0. The second kappa shape index (κ2) is 8.51. The summed E-state index contributed by atoms with van der Waals surface area (Å²) in [6.07, 6.45) is 0. The smallest absolute Gasteiger partial charge is 0.327 e. The summed E-state index contributed by atoms with van der Waals surface area (Å²) in [6, 6.07) is 16.3. The molecule has 1 N–H and O–H groups in total. The van der Waals surface area contributed by atoms with Crippen LogP contribution >= 0.6 is 0 Å².